The number of aryl methyl sites for hydroxylation is 1. The highest BCUT2D eigenvalue weighted by Crippen LogP contribution is 2.08. The molecule has 0 radical (unpaired) electrons. The quantitative estimate of drug-likeness (QED) is 0.659. The number of aliphatic imine (C=N–C) groups is 1. The summed E-state index contributed by atoms with van der Waals surface area (Å²) >= 11 is 0. The van der Waals surface area contributed by atoms with Crippen LogP contribution in [0.3, 0.4) is 0 Å². The van der Waals surface area contributed by atoms with Crippen molar-refractivity contribution < 1.29 is 4.39 Å². The molecule has 0 atom stereocenters. The fraction of sp³-hybridized carbons (Fsp3) is 0.294. The second-order valence-corrected chi connectivity index (χ2v) is 4.91. The van der Waals surface area contributed by atoms with E-state index in [4.69, 9.17) is 0 Å². The Hall–Kier alpha value is -2.43. The van der Waals surface area contributed by atoms with Crippen LogP contribution < -0.4 is 10.6 Å². The number of hydrogen-bond acceptors (Lipinski definition) is 2. The summed E-state index contributed by atoms with van der Waals surface area (Å²) in [6, 6.07) is 11.1. The maximum atomic E-state index is 13.6. The maximum Gasteiger partial charge on any atom is 0.191 e. The third kappa shape index (κ3) is 4.55. The van der Waals surface area contributed by atoms with Crippen molar-refractivity contribution in [2.75, 3.05) is 6.54 Å². The van der Waals surface area contributed by atoms with Gasteiger partial charge in [-0.15, -0.1) is 0 Å². The van der Waals surface area contributed by atoms with Crippen molar-refractivity contribution in [1.82, 2.24) is 15.6 Å². The summed E-state index contributed by atoms with van der Waals surface area (Å²) in [6.45, 7) is 5.67. The highest BCUT2D eigenvalue weighted by atomic mass is 19.1. The number of benzene rings is 1. The summed E-state index contributed by atoms with van der Waals surface area (Å²) in [5.41, 5.74) is 2.76. The Bertz CT molecular complexity index is 640. The van der Waals surface area contributed by atoms with Crippen LogP contribution in [0.4, 0.5) is 4.39 Å². The zero-order valence-electron chi connectivity index (χ0n) is 12.9. The predicted molar refractivity (Wildman–Crippen MR) is 87.0 cm³/mol. The van der Waals surface area contributed by atoms with E-state index in [1.54, 1.807) is 12.3 Å². The van der Waals surface area contributed by atoms with Crippen molar-refractivity contribution in [3.63, 3.8) is 0 Å². The number of nitrogens with zero attached hydrogens (tertiary/aromatic N) is 2. The Balaban J connectivity index is 2.02. The largest absolute Gasteiger partial charge is 0.357 e. The Morgan fingerprint density at radius 1 is 1.18 bits per heavy atom. The van der Waals surface area contributed by atoms with Crippen LogP contribution in [-0.4, -0.2) is 17.5 Å². The van der Waals surface area contributed by atoms with Crippen LogP contribution in [0.5, 0.6) is 0 Å². The molecule has 116 valence electrons. The lowest BCUT2D eigenvalue weighted by Gasteiger charge is -2.11. The Kier molecular flexibility index (Phi) is 5.89. The molecule has 2 rings (SSSR count). The molecule has 0 spiro atoms. The van der Waals surface area contributed by atoms with Gasteiger partial charge in [-0.2, -0.15) is 0 Å². The lowest BCUT2D eigenvalue weighted by molar-refractivity contribution is 0.592. The molecule has 4 nitrogen and oxygen atoms in total. The van der Waals surface area contributed by atoms with Crippen LogP contribution in [0.2, 0.25) is 0 Å². The minimum atomic E-state index is -0.315. The second-order valence-electron chi connectivity index (χ2n) is 4.91. The van der Waals surface area contributed by atoms with Gasteiger partial charge in [-0.3, -0.25) is 4.98 Å². The van der Waals surface area contributed by atoms with E-state index >= 15 is 0 Å². The van der Waals surface area contributed by atoms with E-state index in [1.165, 1.54) is 17.2 Å². The Labute approximate surface area is 130 Å². The highest BCUT2D eigenvalue weighted by Gasteiger charge is 2.04. The van der Waals surface area contributed by atoms with Crippen LogP contribution in [0.15, 0.2) is 47.6 Å². The maximum absolute atomic E-state index is 13.6. The zero-order valence-corrected chi connectivity index (χ0v) is 12.9. The third-order valence-electron chi connectivity index (χ3n) is 3.27. The lowest BCUT2D eigenvalue weighted by atomic mass is 10.1. The molecule has 5 heteroatoms. The van der Waals surface area contributed by atoms with Crippen LogP contribution >= 0.6 is 0 Å². The molecular formula is C17H21FN4. The molecule has 2 aromatic rings. The van der Waals surface area contributed by atoms with E-state index < -0.39 is 0 Å². The topological polar surface area (TPSA) is 49.3 Å². The molecule has 0 amide bonds. The number of guanidine groups is 1. The van der Waals surface area contributed by atoms with Gasteiger partial charge in [-0.25, -0.2) is 9.38 Å². The van der Waals surface area contributed by atoms with E-state index in [1.807, 2.05) is 19.1 Å². The molecular weight excluding hydrogens is 279 g/mol. The molecule has 22 heavy (non-hydrogen) atoms. The van der Waals surface area contributed by atoms with Crippen molar-refractivity contribution in [2.45, 2.75) is 26.9 Å². The third-order valence-corrected chi connectivity index (χ3v) is 3.27. The normalized spacial score (nSPS) is 11.3. The first-order chi connectivity index (χ1) is 10.7. The molecule has 2 N–H and O–H groups in total. The monoisotopic (exact) mass is 300 g/mol. The average molecular weight is 300 g/mol. The number of rotatable bonds is 5. The van der Waals surface area contributed by atoms with E-state index in [-0.39, 0.29) is 5.82 Å². The molecule has 0 bridgehead atoms. The first kappa shape index (κ1) is 15.9. The zero-order chi connectivity index (χ0) is 15.8. The van der Waals surface area contributed by atoms with Gasteiger partial charge in [0, 0.05) is 12.7 Å². The minimum Gasteiger partial charge on any atom is -0.357 e. The van der Waals surface area contributed by atoms with Crippen LogP contribution in [-0.2, 0) is 13.1 Å². The van der Waals surface area contributed by atoms with Crippen molar-refractivity contribution >= 4 is 5.96 Å². The van der Waals surface area contributed by atoms with Gasteiger partial charge in [-0.1, -0.05) is 24.3 Å². The summed E-state index contributed by atoms with van der Waals surface area (Å²) in [4.78, 5) is 8.56. The van der Waals surface area contributed by atoms with E-state index in [0.717, 1.165) is 6.54 Å². The van der Waals surface area contributed by atoms with Crippen LogP contribution in [0.1, 0.15) is 23.7 Å². The molecule has 0 fully saturated rings. The Morgan fingerprint density at radius 2 is 2.00 bits per heavy atom. The summed E-state index contributed by atoms with van der Waals surface area (Å²) in [6.07, 6.45) is 1.58. The van der Waals surface area contributed by atoms with Gasteiger partial charge in [0.05, 0.1) is 18.8 Å². The molecule has 1 aromatic carbocycles. The van der Waals surface area contributed by atoms with Crippen molar-refractivity contribution in [3.05, 3.63) is 65.2 Å². The number of halogens is 1. The van der Waals surface area contributed by atoms with Gasteiger partial charge in [0.15, 0.2) is 5.96 Å². The smallest absolute Gasteiger partial charge is 0.191 e. The SMILES string of the molecule is CCNC(=NCc1ccccc1C)NCc1ncccc1F. The number of nitrogens with one attached hydrogen (secondary N) is 2. The predicted octanol–water partition coefficient (Wildman–Crippen LogP) is 2.78. The molecule has 0 saturated carbocycles. The van der Waals surface area contributed by atoms with Gasteiger partial charge in [-0.05, 0) is 37.1 Å². The minimum absolute atomic E-state index is 0.298. The second kappa shape index (κ2) is 8.12. The van der Waals surface area contributed by atoms with Crippen molar-refractivity contribution in [3.8, 4) is 0 Å². The van der Waals surface area contributed by atoms with Gasteiger partial charge in [0.1, 0.15) is 5.82 Å². The van der Waals surface area contributed by atoms with Crippen molar-refractivity contribution in [2.24, 2.45) is 4.99 Å². The lowest BCUT2D eigenvalue weighted by Crippen LogP contribution is -2.37. The number of pyridine rings is 1. The van der Waals surface area contributed by atoms with E-state index in [9.17, 15) is 4.39 Å². The Morgan fingerprint density at radius 3 is 2.73 bits per heavy atom. The summed E-state index contributed by atoms with van der Waals surface area (Å²) in [5, 5.41) is 6.25. The first-order valence-electron chi connectivity index (χ1n) is 7.36. The molecule has 0 aliphatic rings. The molecule has 1 aromatic heterocycles. The molecule has 1 heterocycles. The number of hydrogen-bond donors (Lipinski definition) is 2. The summed E-state index contributed by atoms with van der Waals surface area (Å²) in [7, 11) is 0. The van der Waals surface area contributed by atoms with Crippen LogP contribution in [0, 0.1) is 12.7 Å². The summed E-state index contributed by atoms with van der Waals surface area (Å²) < 4.78 is 13.6. The van der Waals surface area contributed by atoms with Gasteiger partial charge < -0.3 is 10.6 Å². The highest BCUT2D eigenvalue weighted by molar-refractivity contribution is 5.79. The fourth-order valence-corrected chi connectivity index (χ4v) is 2.01. The molecule has 0 aliphatic carbocycles. The molecule has 0 saturated heterocycles. The summed E-state index contributed by atoms with van der Waals surface area (Å²) in [5.74, 6) is 0.334. The standard InChI is InChI=1S/C17H21FN4/c1-3-19-17(21-11-14-8-5-4-7-13(14)2)22-12-16-15(18)9-6-10-20-16/h4-10H,3,11-12H2,1-2H3,(H2,19,21,22). The number of aromatic nitrogens is 1. The fourth-order valence-electron chi connectivity index (χ4n) is 2.01. The van der Waals surface area contributed by atoms with Gasteiger partial charge >= 0.3 is 0 Å². The van der Waals surface area contributed by atoms with E-state index in [2.05, 4.69) is 39.7 Å². The molecule has 0 aliphatic heterocycles. The van der Waals surface area contributed by atoms with Gasteiger partial charge in [0.2, 0.25) is 0 Å². The van der Waals surface area contributed by atoms with Gasteiger partial charge in [0.25, 0.3) is 0 Å². The van der Waals surface area contributed by atoms with Crippen LogP contribution in [0.25, 0.3) is 0 Å². The molecule has 0 unspecified atom stereocenters. The van der Waals surface area contributed by atoms with E-state index in [0.29, 0.717) is 24.7 Å². The first-order valence-corrected chi connectivity index (χ1v) is 7.36. The average Bonchev–Trinajstić information content (AvgIpc) is 2.53. The van der Waals surface area contributed by atoms with Crippen molar-refractivity contribution in [1.29, 1.82) is 0 Å².